The fourth-order valence-electron chi connectivity index (χ4n) is 2.91. The van der Waals surface area contributed by atoms with E-state index in [1.165, 1.54) is 24.5 Å². The average molecular weight is 358 g/mol. The molecule has 1 saturated heterocycles. The summed E-state index contributed by atoms with van der Waals surface area (Å²) >= 11 is 0. The Hall–Kier alpha value is -3.36. The van der Waals surface area contributed by atoms with Crippen LogP contribution in [0, 0.1) is 17.0 Å². The largest absolute Gasteiger partial charge is 0.469 e. The van der Waals surface area contributed by atoms with Crippen LogP contribution in [0.15, 0.2) is 34.9 Å². The first-order valence-electron chi connectivity index (χ1n) is 8.15. The summed E-state index contributed by atoms with van der Waals surface area (Å²) in [5, 5.41) is 11.4. The lowest BCUT2D eigenvalue weighted by molar-refractivity contribution is -0.384. The summed E-state index contributed by atoms with van der Waals surface area (Å²) in [6, 6.07) is 5.77. The van der Waals surface area contributed by atoms with E-state index in [2.05, 4.69) is 10.9 Å². The van der Waals surface area contributed by atoms with Gasteiger partial charge in [-0.2, -0.15) is 0 Å². The van der Waals surface area contributed by atoms with Crippen LogP contribution in [0.4, 0.5) is 11.4 Å². The average Bonchev–Trinajstić information content (AvgIpc) is 3.30. The quantitative estimate of drug-likeness (QED) is 0.639. The number of amides is 2. The van der Waals surface area contributed by atoms with Gasteiger partial charge >= 0.3 is 0 Å². The number of anilines is 1. The molecule has 0 saturated carbocycles. The minimum absolute atomic E-state index is 0.0869. The van der Waals surface area contributed by atoms with Crippen LogP contribution in [-0.4, -0.2) is 29.8 Å². The van der Waals surface area contributed by atoms with E-state index in [1.807, 2.05) is 4.90 Å². The number of rotatable bonds is 4. The maximum absolute atomic E-state index is 12.2. The van der Waals surface area contributed by atoms with E-state index >= 15 is 0 Å². The Balaban J connectivity index is 1.73. The number of nitrogens with zero attached hydrogens (tertiary/aromatic N) is 2. The molecule has 0 radical (unpaired) electrons. The Morgan fingerprint density at radius 2 is 1.85 bits per heavy atom. The molecule has 1 fully saturated rings. The van der Waals surface area contributed by atoms with Crippen molar-refractivity contribution in [1.29, 1.82) is 0 Å². The van der Waals surface area contributed by atoms with Crippen LogP contribution in [0.3, 0.4) is 0 Å². The summed E-state index contributed by atoms with van der Waals surface area (Å²) in [4.78, 5) is 37.0. The molecule has 26 heavy (non-hydrogen) atoms. The molecule has 0 aliphatic carbocycles. The summed E-state index contributed by atoms with van der Waals surface area (Å²) in [6.07, 6.45) is 3.34. The van der Waals surface area contributed by atoms with E-state index in [1.54, 1.807) is 13.0 Å². The van der Waals surface area contributed by atoms with Crippen molar-refractivity contribution in [2.75, 3.05) is 18.0 Å². The molecule has 3 rings (SSSR count). The fourth-order valence-corrected chi connectivity index (χ4v) is 2.91. The highest BCUT2D eigenvalue weighted by Crippen LogP contribution is 2.31. The van der Waals surface area contributed by atoms with Gasteiger partial charge in [0.2, 0.25) is 0 Å². The minimum atomic E-state index is -0.643. The normalized spacial score (nSPS) is 13.5. The number of nitro benzene ring substituents is 1. The highest BCUT2D eigenvalue weighted by atomic mass is 16.6. The molecule has 0 bridgehead atoms. The maximum atomic E-state index is 12.2. The lowest BCUT2D eigenvalue weighted by Crippen LogP contribution is -2.41. The van der Waals surface area contributed by atoms with Gasteiger partial charge in [0.25, 0.3) is 17.5 Å². The van der Waals surface area contributed by atoms with Gasteiger partial charge in [-0.3, -0.25) is 30.6 Å². The predicted molar refractivity (Wildman–Crippen MR) is 92.9 cm³/mol. The van der Waals surface area contributed by atoms with Crippen molar-refractivity contribution >= 4 is 23.2 Å². The molecular weight excluding hydrogens is 340 g/mol. The van der Waals surface area contributed by atoms with Crippen molar-refractivity contribution in [2.24, 2.45) is 0 Å². The number of carbonyl (C=O) groups is 2. The number of aryl methyl sites for hydroxylation is 1. The van der Waals surface area contributed by atoms with Gasteiger partial charge in [0, 0.05) is 24.7 Å². The van der Waals surface area contributed by atoms with Crippen molar-refractivity contribution in [2.45, 2.75) is 19.8 Å². The second-order valence-corrected chi connectivity index (χ2v) is 5.95. The number of carbonyl (C=O) groups excluding carboxylic acids is 2. The second-order valence-electron chi connectivity index (χ2n) is 5.95. The highest BCUT2D eigenvalue weighted by Gasteiger charge is 2.24. The predicted octanol–water partition coefficient (Wildman–Crippen LogP) is 2.17. The van der Waals surface area contributed by atoms with Gasteiger partial charge in [0.1, 0.15) is 11.4 Å². The van der Waals surface area contributed by atoms with E-state index in [0.29, 0.717) is 17.0 Å². The first-order chi connectivity index (χ1) is 12.5. The molecule has 2 N–H and O–H groups in total. The third-order valence-electron chi connectivity index (χ3n) is 4.27. The molecule has 1 aromatic carbocycles. The molecule has 1 aliphatic rings. The van der Waals surface area contributed by atoms with Crippen molar-refractivity contribution in [3.05, 3.63) is 57.5 Å². The van der Waals surface area contributed by atoms with E-state index in [-0.39, 0.29) is 11.3 Å². The number of hydrazine groups is 1. The third-order valence-corrected chi connectivity index (χ3v) is 4.27. The third kappa shape index (κ3) is 3.51. The molecule has 2 aromatic rings. The van der Waals surface area contributed by atoms with Crippen molar-refractivity contribution < 1.29 is 18.9 Å². The number of hydrogen-bond donors (Lipinski definition) is 2. The van der Waals surface area contributed by atoms with E-state index in [0.717, 1.165) is 25.9 Å². The smallest absolute Gasteiger partial charge is 0.293 e. The van der Waals surface area contributed by atoms with Crippen LogP contribution in [0.5, 0.6) is 0 Å². The molecule has 136 valence electrons. The number of benzene rings is 1. The van der Waals surface area contributed by atoms with E-state index in [9.17, 15) is 19.7 Å². The molecule has 2 amide bonds. The zero-order chi connectivity index (χ0) is 18.7. The van der Waals surface area contributed by atoms with E-state index < -0.39 is 16.7 Å². The molecule has 9 nitrogen and oxygen atoms in total. The molecule has 0 spiro atoms. The topological polar surface area (TPSA) is 118 Å². The maximum Gasteiger partial charge on any atom is 0.293 e. The molecule has 9 heteroatoms. The zero-order valence-electron chi connectivity index (χ0n) is 14.2. The van der Waals surface area contributed by atoms with Gasteiger partial charge in [-0.25, -0.2) is 0 Å². The van der Waals surface area contributed by atoms with Gasteiger partial charge in [-0.05, 0) is 38.0 Å². The first kappa shape index (κ1) is 17.5. The van der Waals surface area contributed by atoms with Crippen molar-refractivity contribution in [1.82, 2.24) is 10.9 Å². The summed E-state index contributed by atoms with van der Waals surface area (Å²) < 4.78 is 5.03. The zero-order valence-corrected chi connectivity index (χ0v) is 14.2. The van der Waals surface area contributed by atoms with Gasteiger partial charge in [-0.15, -0.1) is 0 Å². The van der Waals surface area contributed by atoms with E-state index in [4.69, 9.17) is 4.42 Å². The SMILES string of the molecule is Cc1occc1C(=O)NNC(=O)c1ccc(N2CCCC2)c([N+](=O)[O-])c1. The Morgan fingerprint density at radius 3 is 2.46 bits per heavy atom. The highest BCUT2D eigenvalue weighted by molar-refractivity contribution is 6.00. The monoisotopic (exact) mass is 358 g/mol. The Kier molecular flexibility index (Phi) is 4.87. The lowest BCUT2D eigenvalue weighted by atomic mass is 10.1. The molecule has 0 atom stereocenters. The number of hydrogen-bond acceptors (Lipinski definition) is 6. The first-order valence-corrected chi connectivity index (χ1v) is 8.15. The Morgan fingerprint density at radius 1 is 1.15 bits per heavy atom. The number of furan rings is 1. The summed E-state index contributed by atoms with van der Waals surface area (Å²) in [6.45, 7) is 3.14. The Labute approximate surface area is 149 Å². The molecular formula is C17H18N4O5. The second kappa shape index (κ2) is 7.26. The summed E-state index contributed by atoms with van der Waals surface area (Å²) in [5.41, 5.74) is 5.27. The molecule has 1 aromatic heterocycles. The molecule has 0 unspecified atom stereocenters. The summed E-state index contributed by atoms with van der Waals surface area (Å²) in [5.74, 6) is -0.759. The van der Waals surface area contributed by atoms with Crippen LogP contribution >= 0.6 is 0 Å². The molecule has 2 heterocycles. The van der Waals surface area contributed by atoms with Crippen molar-refractivity contribution in [3.63, 3.8) is 0 Å². The van der Waals surface area contributed by atoms with Gasteiger partial charge in [0.15, 0.2) is 0 Å². The summed E-state index contributed by atoms with van der Waals surface area (Å²) in [7, 11) is 0. The Bertz CT molecular complexity index is 855. The standard InChI is InChI=1S/C17H18N4O5/c1-11-13(6-9-26-11)17(23)19-18-16(22)12-4-5-14(15(10-12)21(24)25)20-7-2-3-8-20/h4-6,9-10H,2-3,7-8H2,1H3,(H,18,22)(H,19,23). The van der Waals surface area contributed by atoms with Crippen molar-refractivity contribution in [3.8, 4) is 0 Å². The van der Waals surface area contributed by atoms with Crippen LogP contribution in [0.25, 0.3) is 0 Å². The van der Waals surface area contributed by atoms with Crippen LogP contribution in [0.1, 0.15) is 39.3 Å². The number of nitrogens with one attached hydrogen (secondary N) is 2. The van der Waals surface area contributed by atoms with Crippen LogP contribution < -0.4 is 15.8 Å². The fraction of sp³-hybridized carbons (Fsp3) is 0.294. The lowest BCUT2D eigenvalue weighted by Gasteiger charge is -2.17. The van der Waals surface area contributed by atoms with Gasteiger partial charge in [-0.1, -0.05) is 0 Å². The van der Waals surface area contributed by atoms with Gasteiger partial charge < -0.3 is 9.32 Å². The van der Waals surface area contributed by atoms with Crippen LogP contribution in [-0.2, 0) is 0 Å². The van der Waals surface area contributed by atoms with Gasteiger partial charge in [0.05, 0.1) is 16.7 Å². The molecule has 1 aliphatic heterocycles. The minimum Gasteiger partial charge on any atom is -0.469 e. The number of nitro groups is 1. The van der Waals surface area contributed by atoms with Crippen LogP contribution in [0.2, 0.25) is 0 Å².